The number of nitrogens with one attached hydrogen (secondary N) is 1. The number of nitriles is 1. The van der Waals surface area contributed by atoms with Crippen LogP contribution in [0.25, 0.3) is 16.8 Å². The molecule has 7 heteroatoms. The maximum atomic E-state index is 12.5. The standard InChI is InChI=1S/C27H17Cl3N2O2/c28-22-7-9-23(10-8-22)32-27(33)21(15-31)12-18-13-24(29)26(25(30)14-18)34-16-17-5-6-19-3-1-2-4-20(19)11-17/h1-14H,16H2,(H,32,33)/b21-12-. The summed E-state index contributed by atoms with van der Waals surface area (Å²) >= 11 is 18.7. The van der Waals surface area contributed by atoms with Gasteiger partial charge in [-0.05, 0) is 70.4 Å². The third-order valence-electron chi connectivity index (χ3n) is 5.00. The second-order valence-electron chi connectivity index (χ2n) is 7.41. The SMILES string of the molecule is N#C/C(=C/c1cc(Cl)c(OCc2ccc3ccccc3c2)c(Cl)c1)C(=O)Nc1ccc(Cl)cc1. The number of fused-ring (bicyclic) bond motifs is 1. The second-order valence-corrected chi connectivity index (χ2v) is 8.67. The maximum absolute atomic E-state index is 12.5. The zero-order valence-corrected chi connectivity index (χ0v) is 20.0. The zero-order valence-electron chi connectivity index (χ0n) is 17.7. The molecule has 4 aromatic carbocycles. The Bertz CT molecular complexity index is 1420. The van der Waals surface area contributed by atoms with Crippen LogP contribution in [0.3, 0.4) is 0 Å². The largest absolute Gasteiger partial charge is 0.486 e. The summed E-state index contributed by atoms with van der Waals surface area (Å²) < 4.78 is 5.89. The van der Waals surface area contributed by atoms with Crippen molar-refractivity contribution in [3.8, 4) is 11.8 Å². The van der Waals surface area contributed by atoms with E-state index in [9.17, 15) is 10.1 Å². The molecule has 4 aromatic rings. The molecule has 0 atom stereocenters. The van der Waals surface area contributed by atoms with E-state index in [1.807, 2.05) is 48.5 Å². The van der Waals surface area contributed by atoms with E-state index in [1.54, 1.807) is 36.4 Å². The van der Waals surface area contributed by atoms with Crippen LogP contribution in [0.4, 0.5) is 5.69 Å². The molecular weight excluding hydrogens is 491 g/mol. The molecule has 0 aliphatic rings. The highest BCUT2D eigenvalue weighted by molar-refractivity contribution is 6.37. The summed E-state index contributed by atoms with van der Waals surface area (Å²) in [5.74, 6) is -0.230. The Morgan fingerprint density at radius 3 is 2.26 bits per heavy atom. The third kappa shape index (κ3) is 5.70. The van der Waals surface area contributed by atoms with Crippen LogP contribution in [0.2, 0.25) is 15.1 Å². The van der Waals surface area contributed by atoms with Gasteiger partial charge in [0.1, 0.15) is 18.2 Å². The second kappa shape index (κ2) is 10.6. The van der Waals surface area contributed by atoms with Crippen molar-refractivity contribution in [3.63, 3.8) is 0 Å². The zero-order chi connectivity index (χ0) is 24.1. The molecule has 0 heterocycles. The summed E-state index contributed by atoms with van der Waals surface area (Å²) in [6, 6.07) is 25.8. The van der Waals surface area contributed by atoms with Crippen LogP contribution in [-0.2, 0) is 11.4 Å². The summed E-state index contributed by atoms with van der Waals surface area (Å²) in [5.41, 5.74) is 1.88. The van der Waals surface area contributed by atoms with Crippen molar-refractivity contribution in [3.05, 3.63) is 111 Å². The number of carbonyl (C=O) groups is 1. The Morgan fingerprint density at radius 2 is 1.59 bits per heavy atom. The molecule has 1 amide bonds. The number of halogens is 3. The molecule has 4 rings (SSSR count). The Hall–Kier alpha value is -3.49. The van der Waals surface area contributed by atoms with Crippen molar-refractivity contribution >= 4 is 63.2 Å². The van der Waals surface area contributed by atoms with Crippen molar-refractivity contribution in [1.82, 2.24) is 0 Å². The van der Waals surface area contributed by atoms with Crippen molar-refractivity contribution in [1.29, 1.82) is 5.26 Å². The summed E-state index contributed by atoms with van der Waals surface area (Å²) in [5, 5.41) is 15.5. The highest BCUT2D eigenvalue weighted by Crippen LogP contribution is 2.35. The molecule has 0 saturated heterocycles. The van der Waals surface area contributed by atoms with Crippen LogP contribution in [0.1, 0.15) is 11.1 Å². The lowest BCUT2D eigenvalue weighted by molar-refractivity contribution is -0.112. The van der Waals surface area contributed by atoms with Crippen molar-refractivity contribution in [2.75, 3.05) is 5.32 Å². The van der Waals surface area contributed by atoms with Gasteiger partial charge in [0.25, 0.3) is 5.91 Å². The molecule has 1 N–H and O–H groups in total. The fourth-order valence-electron chi connectivity index (χ4n) is 3.33. The number of amides is 1. The molecule has 0 aromatic heterocycles. The fourth-order valence-corrected chi connectivity index (χ4v) is 4.07. The molecule has 0 spiro atoms. The number of benzene rings is 4. The Labute approximate surface area is 211 Å². The van der Waals surface area contributed by atoms with Gasteiger partial charge in [0.2, 0.25) is 0 Å². The number of nitrogens with zero attached hydrogens (tertiary/aromatic N) is 1. The van der Waals surface area contributed by atoms with Crippen molar-refractivity contribution in [2.24, 2.45) is 0 Å². The van der Waals surface area contributed by atoms with Crippen LogP contribution in [0.15, 0.2) is 84.4 Å². The predicted octanol–water partition coefficient (Wildman–Crippen LogP) is 7.92. The molecule has 168 valence electrons. The molecule has 0 bridgehead atoms. The fraction of sp³-hybridized carbons (Fsp3) is 0.0370. The van der Waals surface area contributed by atoms with Gasteiger partial charge in [0, 0.05) is 10.7 Å². The Morgan fingerprint density at radius 1 is 0.912 bits per heavy atom. The van der Waals surface area contributed by atoms with E-state index in [-0.39, 0.29) is 22.2 Å². The third-order valence-corrected chi connectivity index (χ3v) is 5.81. The van der Waals surface area contributed by atoms with Gasteiger partial charge in [-0.15, -0.1) is 0 Å². The van der Waals surface area contributed by atoms with E-state index in [0.29, 0.717) is 22.0 Å². The smallest absolute Gasteiger partial charge is 0.266 e. The number of hydrogen-bond donors (Lipinski definition) is 1. The summed E-state index contributed by atoms with van der Waals surface area (Å²) in [4.78, 5) is 12.5. The van der Waals surface area contributed by atoms with E-state index in [1.165, 1.54) is 6.08 Å². The molecule has 0 unspecified atom stereocenters. The topological polar surface area (TPSA) is 62.1 Å². The van der Waals surface area contributed by atoms with Gasteiger partial charge in [-0.25, -0.2) is 0 Å². The quantitative estimate of drug-likeness (QED) is 0.213. The van der Waals surface area contributed by atoms with Crippen molar-refractivity contribution < 1.29 is 9.53 Å². The first kappa shape index (κ1) is 23.7. The summed E-state index contributed by atoms with van der Waals surface area (Å²) in [6.07, 6.45) is 1.41. The minimum absolute atomic E-state index is 0.105. The molecule has 4 nitrogen and oxygen atoms in total. The maximum Gasteiger partial charge on any atom is 0.266 e. The van der Waals surface area contributed by atoms with Gasteiger partial charge in [-0.3, -0.25) is 4.79 Å². The first-order valence-corrected chi connectivity index (χ1v) is 11.3. The minimum Gasteiger partial charge on any atom is -0.486 e. The normalized spacial score (nSPS) is 11.2. The number of carbonyl (C=O) groups excluding carboxylic acids is 1. The summed E-state index contributed by atoms with van der Waals surface area (Å²) in [6.45, 7) is 0.284. The number of ether oxygens (including phenoxy) is 1. The number of hydrogen-bond acceptors (Lipinski definition) is 3. The average molecular weight is 508 g/mol. The lowest BCUT2D eigenvalue weighted by Crippen LogP contribution is -2.13. The van der Waals surface area contributed by atoms with E-state index >= 15 is 0 Å². The van der Waals surface area contributed by atoms with Gasteiger partial charge in [0.05, 0.1) is 10.0 Å². The molecule has 0 aliphatic carbocycles. The lowest BCUT2D eigenvalue weighted by Gasteiger charge is -2.12. The predicted molar refractivity (Wildman–Crippen MR) is 138 cm³/mol. The van der Waals surface area contributed by atoms with Gasteiger partial charge in [-0.2, -0.15) is 5.26 Å². The van der Waals surface area contributed by atoms with Crippen LogP contribution in [0, 0.1) is 11.3 Å². The molecule has 34 heavy (non-hydrogen) atoms. The van der Waals surface area contributed by atoms with Crippen molar-refractivity contribution in [2.45, 2.75) is 6.61 Å². The van der Waals surface area contributed by atoms with E-state index < -0.39 is 5.91 Å². The van der Waals surface area contributed by atoms with E-state index in [4.69, 9.17) is 39.5 Å². The Balaban J connectivity index is 1.50. The number of anilines is 1. The average Bonchev–Trinajstić information content (AvgIpc) is 2.83. The monoisotopic (exact) mass is 506 g/mol. The minimum atomic E-state index is -0.561. The number of rotatable bonds is 6. The molecular formula is C27H17Cl3N2O2. The first-order chi connectivity index (χ1) is 16.4. The first-order valence-electron chi connectivity index (χ1n) is 10.2. The summed E-state index contributed by atoms with van der Waals surface area (Å²) in [7, 11) is 0. The van der Waals surface area contributed by atoms with E-state index in [0.717, 1.165) is 16.3 Å². The highest BCUT2D eigenvalue weighted by Gasteiger charge is 2.13. The van der Waals surface area contributed by atoms with Crippen LogP contribution < -0.4 is 10.1 Å². The molecule has 0 radical (unpaired) electrons. The highest BCUT2D eigenvalue weighted by atomic mass is 35.5. The lowest BCUT2D eigenvalue weighted by atomic mass is 10.1. The molecule has 0 saturated carbocycles. The molecule has 0 aliphatic heterocycles. The van der Waals surface area contributed by atoms with Gasteiger partial charge in [0.15, 0.2) is 5.75 Å². The van der Waals surface area contributed by atoms with Crippen LogP contribution in [0.5, 0.6) is 5.75 Å². The van der Waals surface area contributed by atoms with Gasteiger partial charge < -0.3 is 10.1 Å². The Kier molecular flexibility index (Phi) is 7.40. The molecule has 0 fully saturated rings. The van der Waals surface area contributed by atoms with Gasteiger partial charge in [-0.1, -0.05) is 71.2 Å². The van der Waals surface area contributed by atoms with Gasteiger partial charge >= 0.3 is 0 Å². The van der Waals surface area contributed by atoms with Crippen LogP contribution >= 0.6 is 34.8 Å². The van der Waals surface area contributed by atoms with Crippen LogP contribution in [-0.4, -0.2) is 5.91 Å². The van der Waals surface area contributed by atoms with E-state index in [2.05, 4.69) is 5.32 Å².